The molecule has 2 heteroatoms. The number of ketones is 2. The zero-order valence-corrected chi connectivity index (χ0v) is 8.49. The predicted molar refractivity (Wildman–Crippen MR) is 51.5 cm³/mol. The Labute approximate surface area is 83.4 Å². The predicted octanol–water partition coefficient (Wildman–Crippen LogP) is 1.60. The zero-order valence-electron chi connectivity index (χ0n) is 8.49. The second-order valence-corrected chi connectivity index (χ2v) is 5.35. The number of allylic oxidation sites excluding steroid dienone is 2. The van der Waals surface area contributed by atoms with Gasteiger partial charge in [0.25, 0.3) is 0 Å². The fraction of sp³-hybridized carbons (Fsp3) is 0.667. The highest BCUT2D eigenvalue weighted by Crippen LogP contribution is 2.56. The van der Waals surface area contributed by atoms with Crippen LogP contribution in [0.15, 0.2) is 12.2 Å². The van der Waals surface area contributed by atoms with Crippen LogP contribution in [0.25, 0.3) is 0 Å². The summed E-state index contributed by atoms with van der Waals surface area (Å²) in [6, 6.07) is 0. The average molecular weight is 190 g/mol. The number of rotatable bonds is 0. The summed E-state index contributed by atoms with van der Waals surface area (Å²) in [7, 11) is 0. The van der Waals surface area contributed by atoms with Crippen LogP contribution in [-0.4, -0.2) is 11.6 Å². The fourth-order valence-electron chi connectivity index (χ4n) is 3.49. The van der Waals surface area contributed by atoms with Gasteiger partial charge in [0.15, 0.2) is 0 Å². The smallest absolute Gasteiger partial charge is 0.150 e. The molecule has 2 saturated carbocycles. The van der Waals surface area contributed by atoms with E-state index in [0.717, 1.165) is 6.42 Å². The third-order valence-electron chi connectivity index (χ3n) is 4.30. The fourth-order valence-corrected chi connectivity index (χ4v) is 3.49. The SMILES string of the molecule is CC1(C)C(=O)[C@@H]2[C@H](C1=O)[C@H]1C=C[C@@H]2C1. The van der Waals surface area contributed by atoms with E-state index in [9.17, 15) is 9.59 Å². The third kappa shape index (κ3) is 0.701. The lowest BCUT2D eigenvalue weighted by Crippen LogP contribution is -2.29. The highest BCUT2D eigenvalue weighted by Gasteiger charge is 2.62. The van der Waals surface area contributed by atoms with Crippen molar-refractivity contribution >= 4 is 11.6 Å². The molecule has 0 aromatic heterocycles. The Morgan fingerprint density at radius 1 is 1.07 bits per heavy atom. The van der Waals surface area contributed by atoms with Crippen LogP contribution < -0.4 is 0 Å². The summed E-state index contributed by atoms with van der Waals surface area (Å²) in [5.74, 6) is 1.14. The summed E-state index contributed by atoms with van der Waals surface area (Å²) in [5.41, 5.74) is -0.710. The Hall–Kier alpha value is -0.920. The van der Waals surface area contributed by atoms with E-state index in [-0.39, 0.29) is 23.4 Å². The largest absolute Gasteiger partial charge is 0.298 e. The first kappa shape index (κ1) is 8.39. The van der Waals surface area contributed by atoms with Crippen LogP contribution in [-0.2, 0) is 9.59 Å². The van der Waals surface area contributed by atoms with Crippen LogP contribution in [0.2, 0.25) is 0 Å². The average Bonchev–Trinajstić information content (AvgIpc) is 2.76. The third-order valence-corrected chi connectivity index (χ3v) is 4.30. The summed E-state index contributed by atoms with van der Waals surface area (Å²) in [6.07, 6.45) is 5.31. The maximum atomic E-state index is 12.1. The van der Waals surface area contributed by atoms with E-state index in [1.807, 2.05) is 0 Å². The molecule has 0 aromatic rings. The van der Waals surface area contributed by atoms with Crippen molar-refractivity contribution < 1.29 is 9.59 Å². The number of hydrogen-bond donors (Lipinski definition) is 0. The molecule has 0 aromatic carbocycles. The normalized spacial score (nSPS) is 47.6. The molecule has 2 fully saturated rings. The summed E-state index contributed by atoms with van der Waals surface area (Å²) in [4.78, 5) is 24.1. The van der Waals surface area contributed by atoms with E-state index < -0.39 is 5.41 Å². The number of carbonyl (C=O) groups excluding carboxylic acids is 2. The second-order valence-electron chi connectivity index (χ2n) is 5.35. The number of fused-ring (bicyclic) bond motifs is 5. The first-order valence-corrected chi connectivity index (χ1v) is 5.30. The van der Waals surface area contributed by atoms with Crippen LogP contribution in [0.3, 0.4) is 0 Å². The van der Waals surface area contributed by atoms with Gasteiger partial charge in [0, 0.05) is 11.8 Å². The molecular formula is C12H14O2. The standard InChI is InChI=1S/C12H14O2/c1-12(2)10(13)8-6-3-4-7(5-6)9(8)11(12)14/h3-4,6-9H,5H2,1-2H3/t6-,7+,8+,9-. The molecular weight excluding hydrogens is 176 g/mol. The van der Waals surface area contributed by atoms with Crippen molar-refractivity contribution in [2.45, 2.75) is 20.3 Å². The molecule has 2 nitrogen and oxygen atoms in total. The van der Waals surface area contributed by atoms with Crippen molar-refractivity contribution in [1.82, 2.24) is 0 Å². The van der Waals surface area contributed by atoms with Crippen LogP contribution >= 0.6 is 0 Å². The molecule has 0 unspecified atom stereocenters. The minimum atomic E-state index is -0.710. The quantitative estimate of drug-likeness (QED) is 0.429. The molecule has 0 spiro atoms. The van der Waals surface area contributed by atoms with Gasteiger partial charge in [-0.15, -0.1) is 0 Å². The van der Waals surface area contributed by atoms with Crippen molar-refractivity contribution in [3.63, 3.8) is 0 Å². The molecule has 0 N–H and O–H groups in total. The summed E-state index contributed by atoms with van der Waals surface area (Å²) in [5, 5.41) is 0. The van der Waals surface area contributed by atoms with Gasteiger partial charge in [0.2, 0.25) is 0 Å². The van der Waals surface area contributed by atoms with E-state index in [1.54, 1.807) is 13.8 Å². The van der Waals surface area contributed by atoms with Crippen LogP contribution in [0.4, 0.5) is 0 Å². The van der Waals surface area contributed by atoms with Gasteiger partial charge in [-0.1, -0.05) is 12.2 Å². The minimum absolute atomic E-state index is 0.0208. The molecule has 14 heavy (non-hydrogen) atoms. The first-order chi connectivity index (χ1) is 6.53. The Morgan fingerprint density at radius 3 is 1.93 bits per heavy atom. The van der Waals surface area contributed by atoms with E-state index >= 15 is 0 Å². The van der Waals surface area contributed by atoms with Crippen molar-refractivity contribution in [3.05, 3.63) is 12.2 Å². The lowest BCUT2D eigenvalue weighted by atomic mass is 9.84. The van der Waals surface area contributed by atoms with Gasteiger partial charge < -0.3 is 0 Å². The minimum Gasteiger partial charge on any atom is -0.298 e. The van der Waals surface area contributed by atoms with E-state index in [2.05, 4.69) is 12.2 Å². The van der Waals surface area contributed by atoms with E-state index in [1.165, 1.54) is 0 Å². The zero-order chi connectivity index (χ0) is 10.1. The molecule has 3 aliphatic rings. The van der Waals surface area contributed by atoms with Crippen molar-refractivity contribution in [2.24, 2.45) is 29.1 Å². The van der Waals surface area contributed by atoms with Gasteiger partial charge in [-0.3, -0.25) is 9.59 Å². The summed E-state index contributed by atoms with van der Waals surface area (Å²) in [6.45, 7) is 3.57. The van der Waals surface area contributed by atoms with Crippen molar-refractivity contribution in [1.29, 1.82) is 0 Å². The van der Waals surface area contributed by atoms with Gasteiger partial charge in [-0.05, 0) is 32.1 Å². The van der Waals surface area contributed by atoms with Crippen molar-refractivity contribution in [3.8, 4) is 0 Å². The molecule has 2 bridgehead atoms. The van der Waals surface area contributed by atoms with Gasteiger partial charge >= 0.3 is 0 Å². The van der Waals surface area contributed by atoms with E-state index in [0.29, 0.717) is 11.8 Å². The lowest BCUT2D eigenvalue weighted by Gasteiger charge is -2.16. The molecule has 0 heterocycles. The molecule has 4 atom stereocenters. The Morgan fingerprint density at radius 2 is 1.50 bits per heavy atom. The Kier molecular flexibility index (Phi) is 1.31. The van der Waals surface area contributed by atoms with Crippen molar-refractivity contribution in [2.75, 3.05) is 0 Å². The molecule has 0 saturated heterocycles. The topological polar surface area (TPSA) is 34.1 Å². The molecule has 0 amide bonds. The van der Waals surface area contributed by atoms with Gasteiger partial charge in [0.1, 0.15) is 11.6 Å². The monoisotopic (exact) mass is 190 g/mol. The number of Topliss-reactive ketones (excluding diaryl/α,β-unsaturated/α-hetero) is 2. The second kappa shape index (κ2) is 2.18. The highest BCUT2D eigenvalue weighted by molar-refractivity contribution is 6.15. The highest BCUT2D eigenvalue weighted by atomic mass is 16.2. The Bertz CT molecular complexity index is 333. The molecule has 3 rings (SSSR count). The van der Waals surface area contributed by atoms with Crippen LogP contribution in [0.1, 0.15) is 20.3 Å². The summed E-state index contributed by atoms with van der Waals surface area (Å²) < 4.78 is 0. The van der Waals surface area contributed by atoms with Crippen LogP contribution in [0, 0.1) is 29.1 Å². The number of carbonyl (C=O) groups is 2. The lowest BCUT2D eigenvalue weighted by molar-refractivity contribution is -0.134. The van der Waals surface area contributed by atoms with Gasteiger partial charge in [-0.25, -0.2) is 0 Å². The molecule has 74 valence electrons. The molecule has 0 radical (unpaired) electrons. The maximum Gasteiger partial charge on any atom is 0.150 e. The molecule has 0 aliphatic heterocycles. The van der Waals surface area contributed by atoms with Gasteiger partial charge in [-0.2, -0.15) is 0 Å². The van der Waals surface area contributed by atoms with E-state index in [4.69, 9.17) is 0 Å². The van der Waals surface area contributed by atoms with Gasteiger partial charge in [0.05, 0.1) is 5.41 Å². The maximum absolute atomic E-state index is 12.1. The Balaban J connectivity index is 2.11. The first-order valence-electron chi connectivity index (χ1n) is 5.30. The summed E-state index contributed by atoms with van der Waals surface area (Å²) >= 11 is 0. The number of hydrogen-bond acceptors (Lipinski definition) is 2. The molecule has 3 aliphatic carbocycles. The van der Waals surface area contributed by atoms with Crippen LogP contribution in [0.5, 0.6) is 0 Å².